The molecular formula is C16H21F4N3O2. The molecule has 2 heterocycles. The van der Waals surface area contributed by atoms with Crippen molar-refractivity contribution >= 4 is 5.91 Å². The first kappa shape index (κ1) is 19.4. The topological polar surface area (TPSA) is 68.5 Å². The summed E-state index contributed by atoms with van der Waals surface area (Å²) in [5.74, 6) is -4.51. The van der Waals surface area contributed by atoms with Crippen LogP contribution in [-0.2, 0) is 0 Å². The van der Waals surface area contributed by atoms with E-state index in [4.69, 9.17) is 5.73 Å². The zero-order valence-electron chi connectivity index (χ0n) is 13.8. The molecule has 25 heavy (non-hydrogen) atoms. The van der Waals surface area contributed by atoms with Gasteiger partial charge >= 0.3 is 12.3 Å². The lowest BCUT2D eigenvalue weighted by Gasteiger charge is -2.34. The predicted molar refractivity (Wildman–Crippen MR) is 83.0 cm³/mol. The Bertz CT molecular complexity index is 581. The van der Waals surface area contributed by atoms with E-state index in [1.165, 1.54) is 18.3 Å². The number of likely N-dealkylation sites (tertiary alicyclic amines) is 1. The number of halogens is 4. The highest BCUT2D eigenvalue weighted by Gasteiger charge is 2.41. The second-order valence-corrected chi connectivity index (χ2v) is 6.25. The molecule has 1 aliphatic rings. The number of nitrogens with zero attached hydrogens (tertiary/aromatic N) is 2. The number of amides is 1. The molecule has 2 N–H and O–H groups in total. The van der Waals surface area contributed by atoms with Crippen LogP contribution in [0, 0.1) is 5.92 Å². The molecule has 1 saturated heterocycles. The van der Waals surface area contributed by atoms with E-state index in [-0.39, 0.29) is 29.3 Å². The number of pyridine rings is 1. The van der Waals surface area contributed by atoms with Crippen LogP contribution in [-0.4, -0.2) is 53.9 Å². The minimum atomic E-state index is -4.25. The molecule has 5 nitrogen and oxygen atoms in total. The predicted octanol–water partition coefficient (Wildman–Crippen LogP) is 2.56. The smallest absolute Gasteiger partial charge is 0.340 e. The fourth-order valence-corrected chi connectivity index (χ4v) is 2.63. The highest BCUT2D eigenvalue weighted by molar-refractivity contribution is 5.94. The van der Waals surface area contributed by atoms with Crippen LogP contribution >= 0.6 is 0 Å². The molecule has 1 aromatic heterocycles. The summed E-state index contributed by atoms with van der Waals surface area (Å²) < 4.78 is 54.3. The van der Waals surface area contributed by atoms with Crippen LogP contribution in [0.5, 0.6) is 5.88 Å². The van der Waals surface area contributed by atoms with Crippen molar-refractivity contribution in [3.05, 3.63) is 23.9 Å². The SMILES string of the molecule is CC(N)C1CCCN(C(=O)c2ccc(OCC(F)(F)C(F)F)nc2)C1. The first-order valence-corrected chi connectivity index (χ1v) is 8.00. The molecular weight excluding hydrogens is 342 g/mol. The molecule has 0 aromatic carbocycles. The number of hydrogen-bond acceptors (Lipinski definition) is 4. The number of piperidine rings is 1. The number of nitrogens with two attached hydrogens (primary N) is 1. The molecule has 0 aliphatic carbocycles. The van der Waals surface area contributed by atoms with Crippen LogP contribution in [0.4, 0.5) is 17.6 Å². The van der Waals surface area contributed by atoms with Gasteiger partial charge in [-0.1, -0.05) is 0 Å². The van der Waals surface area contributed by atoms with Crippen molar-refractivity contribution in [2.75, 3.05) is 19.7 Å². The summed E-state index contributed by atoms with van der Waals surface area (Å²) >= 11 is 0. The lowest BCUT2D eigenvalue weighted by atomic mass is 9.92. The van der Waals surface area contributed by atoms with E-state index in [1.54, 1.807) is 4.90 Å². The normalized spacial score (nSPS) is 19.8. The lowest BCUT2D eigenvalue weighted by Crippen LogP contribution is -2.45. The average molecular weight is 363 g/mol. The molecule has 0 spiro atoms. The van der Waals surface area contributed by atoms with Gasteiger partial charge in [-0.25, -0.2) is 13.8 Å². The lowest BCUT2D eigenvalue weighted by molar-refractivity contribution is -0.148. The van der Waals surface area contributed by atoms with E-state index in [9.17, 15) is 22.4 Å². The van der Waals surface area contributed by atoms with E-state index in [2.05, 4.69) is 9.72 Å². The zero-order chi connectivity index (χ0) is 18.6. The monoisotopic (exact) mass is 363 g/mol. The summed E-state index contributed by atoms with van der Waals surface area (Å²) in [4.78, 5) is 17.9. The average Bonchev–Trinajstić information content (AvgIpc) is 2.60. The highest BCUT2D eigenvalue weighted by atomic mass is 19.3. The van der Waals surface area contributed by atoms with Crippen molar-refractivity contribution in [3.63, 3.8) is 0 Å². The Morgan fingerprint density at radius 3 is 2.76 bits per heavy atom. The highest BCUT2D eigenvalue weighted by Crippen LogP contribution is 2.24. The maximum Gasteiger partial charge on any atom is 0.340 e. The second kappa shape index (κ2) is 7.99. The number of alkyl halides is 4. The summed E-state index contributed by atoms with van der Waals surface area (Å²) in [6.07, 6.45) is -0.807. The van der Waals surface area contributed by atoms with Gasteiger partial charge in [-0.05, 0) is 31.7 Å². The molecule has 1 aliphatic heterocycles. The Morgan fingerprint density at radius 2 is 2.20 bits per heavy atom. The van der Waals surface area contributed by atoms with E-state index < -0.39 is 19.0 Å². The van der Waals surface area contributed by atoms with Crippen LogP contribution in [0.3, 0.4) is 0 Å². The third-order valence-electron chi connectivity index (χ3n) is 4.20. The zero-order valence-corrected chi connectivity index (χ0v) is 13.8. The van der Waals surface area contributed by atoms with Crippen molar-refractivity contribution in [1.29, 1.82) is 0 Å². The molecule has 0 bridgehead atoms. The quantitative estimate of drug-likeness (QED) is 0.789. The van der Waals surface area contributed by atoms with Gasteiger partial charge in [0.2, 0.25) is 5.88 Å². The second-order valence-electron chi connectivity index (χ2n) is 6.25. The molecule has 1 amide bonds. The molecule has 2 rings (SSSR count). The molecule has 1 aromatic rings. The van der Waals surface area contributed by atoms with Crippen molar-refractivity contribution in [3.8, 4) is 5.88 Å². The summed E-state index contributed by atoms with van der Waals surface area (Å²) in [6, 6.07) is 2.57. The van der Waals surface area contributed by atoms with Gasteiger partial charge in [-0.2, -0.15) is 8.78 Å². The van der Waals surface area contributed by atoms with Crippen molar-refractivity contribution in [2.24, 2.45) is 11.7 Å². The van der Waals surface area contributed by atoms with E-state index in [1.807, 2.05) is 6.92 Å². The fraction of sp³-hybridized carbons (Fsp3) is 0.625. The Balaban J connectivity index is 1.96. The number of rotatable bonds is 6. The molecule has 2 atom stereocenters. The Labute approximate surface area is 143 Å². The van der Waals surface area contributed by atoms with Crippen LogP contribution in [0.15, 0.2) is 18.3 Å². The first-order valence-electron chi connectivity index (χ1n) is 8.00. The van der Waals surface area contributed by atoms with E-state index in [0.717, 1.165) is 12.8 Å². The van der Waals surface area contributed by atoms with E-state index in [0.29, 0.717) is 13.1 Å². The van der Waals surface area contributed by atoms with Gasteiger partial charge in [-0.3, -0.25) is 4.79 Å². The van der Waals surface area contributed by atoms with Crippen LogP contribution in [0.25, 0.3) is 0 Å². The molecule has 0 saturated carbocycles. The van der Waals surface area contributed by atoms with Gasteiger partial charge in [0.05, 0.1) is 5.56 Å². The van der Waals surface area contributed by atoms with Gasteiger partial charge in [-0.15, -0.1) is 0 Å². The maximum absolute atomic E-state index is 12.8. The Morgan fingerprint density at radius 1 is 1.48 bits per heavy atom. The molecule has 2 unspecified atom stereocenters. The van der Waals surface area contributed by atoms with Crippen LogP contribution < -0.4 is 10.5 Å². The van der Waals surface area contributed by atoms with Crippen molar-refractivity contribution in [2.45, 2.75) is 38.2 Å². The van der Waals surface area contributed by atoms with Crippen LogP contribution in [0.2, 0.25) is 0 Å². The Kier molecular flexibility index (Phi) is 6.21. The van der Waals surface area contributed by atoms with Crippen molar-refractivity contribution in [1.82, 2.24) is 9.88 Å². The number of ether oxygens (including phenoxy) is 1. The molecule has 9 heteroatoms. The summed E-state index contributed by atoms with van der Waals surface area (Å²) in [5.41, 5.74) is 6.17. The van der Waals surface area contributed by atoms with Gasteiger partial charge in [0.15, 0.2) is 6.61 Å². The van der Waals surface area contributed by atoms with Gasteiger partial charge in [0.1, 0.15) is 0 Å². The Hall–Kier alpha value is -1.90. The summed E-state index contributed by atoms with van der Waals surface area (Å²) in [6.45, 7) is 1.59. The number of carbonyl (C=O) groups is 1. The number of hydrogen-bond donors (Lipinski definition) is 1. The number of aromatic nitrogens is 1. The fourth-order valence-electron chi connectivity index (χ4n) is 2.63. The van der Waals surface area contributed by atoms with Gasteiger partial charge in [0, 0.05) is 31.4 Å². The summed E-state index contributed by atoms with van der Waals surface area (Å²) in [7, 11) is 0. The van der Waals surface area contributed by atoms with Gasteiger partial charge < -0.3 is 15.4 Å². The minimum Gasteiger partial charge on any atom is -0.471 e. The third kappa shape index (κ3) is 5.04. The standard InChI is InChI=1S/C16H21F4N3O2/c1-10(21)12-3-2-6-23(8-12)14(24)11-4-5-13(22-7-11)25-9-16(19,20)15(17)18/h4-5,7,10,12,15H,2-3,6,8-9,21H2,1H3. The van der Waals surface area contributed by atoms with Crippen LogP contribution in [0.1, 0.15) is 30.1 Å². The van der Waals surface area contributed by atoms with E-state index >= 15 is 0 Å². The minimum absolute atomic E-state index is 0.0130. The maximum atomic E-state index is 12.8. The first-order chi connectivity index (χ1) is 11.7. The largest absolute Gasteiger partial charge is 0.471 e. The summed E-state index contributed by atoms with van der Waals surface area (Å²) in [5, 5.41) is 0. The molecule has 0 radical (unpaired) electrons. The molecule has 140 valence electrons. The van der Waals surface area contributed by atoms with Gasteiger partial charge in [0.25, 0.3) is 5.91 Å². The van der Waals surface area contributed by atoms with Crippen molar-refractivity contribution < 1.29 is 27.1 Å². The third-order valence-corrected chi connectivity index (χ3v) is 4.20. The molecule has 1 fully saturated rings. The number of carbonyl (C=O) groups excluding carboxylic acids is 1.